The highest BCUT2D eigenvalue weighted by Gasteiger charge is 2.31. The van der Waals surface area contributed by atoms with Crippen molar-refractivity contribution >= 4 is 0 Å². The van der Waals surface area contributed by atoms with E-state index in [1.165, 1.54) is 0 Å². The van der Waals surface area contributed by atoms with Crippen LogP contribution >= 0.6 is 0 Å². The summed E-state index contributed by atoms with van der Waals surface area (Å²) in [7, 11) is 0. The Bertz CT molecular complexity index is 66.2. The molecule has 0 aromatic heterocycles. The Morgan fingerprint density at radius 2 is 1.75 bits per heavy atom. The highest BCUT2D eigenvalue weighted by Crippen LogP contribution is 2.18. The third kappa shape index (κ3) is 5.68. The number of hydrogen-bond donors (Lipinski definition) is 0. The molecule has 50 valence electrons. The smallest absolute Gasteiger partial charge is 0.257 e. The van der Waals surface area contributed by atoms with Gasteiger partial charge in [-0.25, -0.2) is 4.39 Å². The molecule has 0 amide bonds. The third-order valence-electron chi connectivity index (χ3n) is 0.296. The molecule has 0 spiro atoms. The summed E-state index contributed by atoms with van der Waals surface area (Å²) in [6.45, 7) is 0.660. The van der Waals surface area contributed by atoms with E-state index in [1.54, 1.807) is 0 Å². The molecule has 0 saturated heterocycles. The van der Waals surface area contributed by atoms with Crippen molar-refractivity contribution in [2.24, 2.45) is 0 Å². The van der Waals surface area contributed by atoms with Gasteiger partial charge in [0, 0.05) is 0 Å². The van der Waals surface area contributed by atoms with E-state index in [1.807, 2.05) is 0 Å². The van der Waals surface area contributed by atoms with Gasteiger partial charge in [0.15, 0.2) is 0 Å². The van der Waals surface area contributed by atoms with Crippen molar-refractivity contribution in [3.63, 3.8) is 0 Å². The van der Waals surface area contributed by atoms with E-state index in [2.05, 4.69) is 4.74 Å². The lowest BCUT2D eigenvalue weighted by Gasteiger charge is -2.06. The van der Waals surface area contributed by atoms with Crippen LogP contribution in [0.25, 0.3) is 0 Å². The first-order valence-electron chi connectivity index (χ1n) is 1.80. The molecule has 1 nitrogen and oxygen atoms in total. The molecule has 0 aliphatic heterocycles. The molecule has 0 saturated carbocycles. The van der Waals surface area contributed by atoms with Crippen molar-refractivity contribution in [3.05, 3.63) is 0 Å². The molecule has 0 fully saturated rings. The van der Waals surface area contributed by atoms with Crippen LogP contribution in [0.4, 0.5) is 17.6 Å². The lowest BCUT2D eigenvalue weighted by Crippen LogP contribution is -2.17. The topological polar surface area (TPSA) is 9.23 Å². The zero-order chi connectivity index (χ0) is 6.78. The predicted octanol–water partition coefficient (Wildman–Crippen LogP) is 1.84. The number of alkyl halides is 4. The van der Waals surface area contributed by atoms with Crippen LogP contribution in [0.3, 0.4) is 0 Å². The van der Waals surface area contributed by atoms with Gasteiger partial charge in [-0.15, -0.1) is 13.2 Å². The maximum Gasteiger partial charge on any atom is 0.524 e. The van der Waals surface area contributed by atoms with E-state index in [0.717, 1.165) is 0 Å². The predicted molar refractivity (Wildman–Crippen MR) is 17.7 cm³/mol. The molecule has 0 aromatic carbocycles. The fraction of sp³-hybridized carbons (Fsp3) is 1.00. The van der Waals surface area contributed by atoms with Gasteiger partial charge in [-0.05, 0) is 6.92 Å². The van der Waals surface area contributed by atoms with Crippen LogP contribution < -0.4 is 0 Å². The molecule has 0 aliphatic rings. The SMILES string of the molecule is CC(F)OC(F)(F)F. The molecule has 0 heterocycles. The summed E-state index contributed by atoms with van der Waals surface area (Å²) in [6, 6.07) is 0. The molecule has 0 radical (unpaired) electrons. The Kier molecular flexibility index (Phi) is 2.21. The molecule has 0 N–H and O–H groups in total. The summed E-state index contributed by atoms with van der Waals surface area (Å²) >= 11 is 0. The van der Waals surface area contributed by atoms with Crippen LogP contribution in [0.2, 0.25) is 0 Å². The van der Waals surface area contributed by atoms with E-state index < -0.39 is 12.7 Å². The number of ether oxygens (including phenoxy) is 1. The molecule has 0 aromatic rings. The average Bonchev–Trinajstić information content (AvgIpc) is 1.21. The summed E-state index contributed by atoms with van der Waals surface area (Å²) in [5.41, 5.74) is 0. The number of rotatable bonds is 1. The normalized spacial score (nSPS) is 16.1. The largest absolute Gasteiger partial charge is 0.524 e. The Hall–Kier alpha value is -0.320. The van der Waals surface area contributed by atoms with Gasteiger partial charge in [0.05, 0.1) is 0 Å². The summed E-state index contributed by atoms with van der Waals surface area (Å²) in [5.74, 6) is 0. The maximum absolute atomic E-state index is 11.3. The zero-order valence-corrected chi connectivity index (χ0v) is 4.00. The first-order valence-corrected chi connectivity index (χ1v) is 1.80. The second-order valence-corrected chi connectivity index (χ2v) is 1.11. The highest BCUT2D eigenvalue weighted by molar-refractivity contribution is 4.28. The number of halogens is 4. The second-order valence-electron chi connectivity index (χ2n) is 1.11. The lowest BCUT2D eigenvalue weighted by molar-refractivity contribution is -0.356. The van der Waals surface area contributed by atoms with Crippen molar-refractivity contribution < 1.29 is 22.3 Å². The minimum Gasteiger partial charge on any atom is -0.257 e. The van der Waals surface area contributed by atoms with Crippen LogP contribution in [0.15, 0.2) is 0 Å². The average molecular weight is 132 g/mol. The van der Waals surface area contributed by atoms with Crippen molar-refractivity contribution in [1.29, 1.82) is 0 Å². The van der Waals surface area contributed by atoms with Crippen LogP contribution in [0.5, 0.6) is 0 Å². The minimum atomic E-state index is -4.85. The Labute approximate surface area is 43.2 Å². The van der Waals surface area contributed by atoms with E-state index in [9.17, 15) is 17.6 Å². The fourth-order valence-electron chi connectivity index (χ4n) is 0.184. The summed E-state index contributed by atoms with van der Waals surface area (Å²) in [4.78, 5) is 0. The fourth-order valence-corrected chi connectivity index (χ4v) is 0.184. The van der Waals surface area contributed by atoms with E-state index >= 15 is 0 Å². The van der Waals surface area contributed by atoms with Crippen molar-refractivity contribution in [2.75, 3.05) is 0 Å². The number of hydrogen-bond acceptors (Lipinski definition) is 1. The first kappa shape index (κ1) is 7.68. The van der Waals surface area contributed by atoms with E-state index in [-0.39, 0.29) is 0 Å². The van der Waals surface area contributed by atoms with E-state index in [0.29, 0.717) is 6.92 Å². The van der Waals surface area contributed by atoms with Crippen molar-refractivity contribution in [1.82, 2.24) is 0 Å². The molecular weight excluding hydrogens is 128 g/mol. The van der Waals surface area contributed by atoms with E-state index in [4.69, 9.17) is 0 Å². The zero-order valence-electron chi connectivity index (χ0n) is 4.00. The molecule has 0 rings (SSSR count). The Balaban J connectivity index is 3.39. The highest BCUT2D eigenvalue weighted by atomic mass is 19.4. The van der Waals surface area contributed by atoms with Gasteiger partial charge in [0.1, 0.15) is 0 Å². The standard InChI is InChI=1S/C3H4F4O/c1-2(4)8-3(5,6)7/h2H,1H3. The van der Waals surface area contributed by atoms with Crippen molar-refractivity contribution in [2.45, 2.75) is 19.6 Å². The second kappa shape index (κ2) is 2.30. The lowest BCUT2D eigenvalue weighted by atomic mass is 10.8. The van der Waals surface area contributed by atoms with Crippen molar-refractivity contribution in [3.8, 4) is 0 Å². The van der Waals surface area contributed by atoms with Gasteiger partial charge in [-0.3, -0.25) is 4.74 Å². The molecule has 1 atom stereocenters. The van der Waals surface area contributed by atoms with Gasteiger partial charge < -0.3 is 0 Å². The summed E-state index contributed by atoms with van der Waals surface area (Å²) in [5, 5.41) is 0. The summed E-state index contributed by atoms with van der Waals surface area (Å²) < 4.78 is 46.6. The Morgan fingerprint density at radius 3 is 1.75 bits per heavy atom. The molecule has 0 bridgehead atoms. The molecular formula is C3H4F4O. The van der Waals surface area contributed by atoms with Gasteiger partial charge in [0.2, 0.25) is 6.36 Å². The van der Waals surface area contributed by atoms with Crippen LogP contribution in [0, 0.1) is 0 Å². The van der Waals surface area contributed by atoms with Gasteiger partial charge in [-0.1, -0.05) is 0 Å². The maximum atomic E-state index is 11.3. The van der Waals surface area contributed by atoms with Crippen LogP contribution in [0.1, 0.15) is 6.92 Å². The quantitative estimate of drug-likeness (QED) is 0.494. The molecule has 0 aliphatic carbocycles. The monoisotopic (exact) mass is 132 g/mol. The Morgan fingerprint density at radius 1 is 1.38 bits per heavy atom. The van der Waals surface area contributed by atoms with Gasteiger partial charge in [-0.2, -0.15) is 0 Å². The van der Waals surface area contributed by atoms with Gasteiger partial charge in [0.25, 0.3) is 0 Å². The minimum absolute atomic E-state index is 0.660. The first-order chi connectivity index (χ1) is 3.42. The molecule has 8 heavy (non-hydrogen) atoms. The summed E-state index contributed by atoms with van der Waals surface area (Å²) in [6.07, 6.45) is -7.14. The van der Waals surface area contributed by atoms with Crippen LogP contribution in [-0.4, -0.2) is 12.7 Å². The van der Waals surface area contributed by atoms with Crippen LogP contribution in [-0.2, 0) is 4.74 Å². The third-order valence-corrected chi connectivity index (χ3v) is 0.296. The molecule has 5 heteroatoms. The molecule has 1 unspecified atom stereocenters. The van der Waals surface area contributed by atoms with Gasteiger partial charge >= 0.3 is 6.36 Å².